The molecule has 0 saturated carbocycles. The van der Waals surface area contributed by atoms with Crippen LogP contribution in [-0.4, -0.2) is 5.97 Å². The van der Waals surface area contributed by atoms with Gasteiger partial charge in [-0.15, -0.1) is 0 Å². The van der Waals surface area contributed by atoms with Crippen LogP contribution in [0.4, 0.5) is 8.78 Å². The summed E-state index contributed by atoms with van der Waals surface area (Å²) < 4.78 is 38.8. The normalized spacial score (nSPS) is 14.9. The van der Waals surface area contributed by atoms with Crippen molar-refractivity contribution in [3.63, 3.8) is 0 Å². The zero-order valence-corrected chi connectivity index (χ0v) is 17.5. The van der Waals surface area contributed by atoms with Gasteiger partial charge in [0.2, 0.25) is 5.88 Å². The van der Waals surface area contributed by atoms with E-state index in [9.17, 15) is 18.8 Å². The minimum Gasteiger partial charge on any atom is -0.440 e. The van der Waals surface area contributed by atoms with Crippen molar-refractivity contribution in [3.05, 3.63) is 104 Å². The number of carbonyl (C=O) groups is 1. The summed E-state index contributed by atoms with van der Waals surface area (Å²) in [5.41, 5.74) is 6.41. The molecule has 1 atom stereocenters. The molecule has 0 amide bonds. The molecule has 1 aliphatic rings. The van der Waals surface area contributed by atoms with Gasteiger partial charge in [0.25, 0.3) is 0 Å². The van der Waals surface area contributed by atoms with E-state index < -0.39 is 23.5 Å². The SMILES string of the molecule is N#CC1=C(N)Oc2cc(OC(=O)c3ccc(Cl)cc3Cl)ccc2C1c1ccc(F)cc1F. The van der Waals surface area contributed by atoms with Crippen LogP contribution < -0.4 is 15.2 Å². The number of rotatable bonds is 3. The van der Waals surface area contributed by atoms with Crippen LogP contribution >= 0.6 is 23.2 Å². The number of hydrogen-bond acceptors (Lipinski definition) is 5. The van der Waals surface area contributed by atoms with E-state index in [1.165, 1.54) is 42.5 Å². The van der Waals surface area contributed by atoms with Gasteiger partial charge in [-0.2, -0.15) is 5.26 Å². The number of fused-ring (bicyclic) bond motifs is 1. The van der Waals surface area contributed by atoms with E-state index in [1.807, 2.05) is 6.07 Å². The number of allylic oxidation sites excluding steroid dienone is 1. The zero-order chi connectivity index (χ0) is 23.0. The molecule has 32 heavy (non-hydrogen) atoms. The fourth-order valence-corrected chi connectivity index (χ4v) is 3.86. The first-order valence-corrected chi connectivity index (χ1v) is 9.87. The van der Waals surface area contributed by atoms with Crippen LogP contribution in [0.3, 0.4) is 0 Å². The van der Waals surface area contributed by atoms with Crippen molar-refractivity contribution in [1.29, 1.82) is 5.26 Å². The molecule has 0 aliphatic carbocycles. The molecule has 0 saturated heterocycles. The molecule has 2 N–H and O–H groups in total. The number of nitrogens with zero attached hydrogens (tertiary/aromatic N) is 1. The summed E-state index contributed by atoms with van der Waals surface area (Å²) in [6.45, 7) is 0. The first-order chi connectivity index (χ1) is 15.3. The van der Waals surface area contributed by atoms with E-state index >= 15 is 0 Å². The van der Waals surface area contributed by atoms with Crippen molar-refractivity contribution in [2.75, 3.05) is 0 Å². The molecule has 1 unspecified atom stereocenters. The Balaban J connectivity index is 1.72. The average Bonchev–Trinajstić information content (AvgIpc) is 2.73. The van der Waals surface area contributed by atoms with Crippen LogP contribution in [0.2, 0.25) is 10.0 Å². The van der Waals surface area contributed by atoms with Crippen molar-refractivity contribution in [3.8, 4) is 17.6 Å². The lowest BCUT2D eigenvalue weighted by Crippen LogP contribution is -2.22. The van der Waals surface area contributed by atoms with Crippen molar-refractivity contribution in [1.82, 2.24) is 0 Å². The fraction of sp³-hybridized carbons (Fsp3) is 0.0435. The quantitative estimate of drug-likeness (QED) is 0.389. The maximum absolute atomic E-state index is 14.5. The molecule has 160 valence electrons. The third-order valence-corrected chi connectivity index (χ3v) is 5.37. The van der Waals surface area contributed by atoms with Gasteiger partial charge in [-0.3, -0.25) is 0 Å². The van der Waals surface area contributed by atoms with E-state index in [0.29, 0.717) is 10.6 Å². The zero-order valence-electron chi connectivity index (χ0n) is 16.0. The summed E-state index contributed by atoms with van der Waals surface area (Å²) in [7, 11) is 0. The Labute approximate surface area is 191 Å². The molecule has 0 radical (unpaired) electrons. The van der Waals surface area contributed by atoms with Crippen LogP contribution in [0.15, 0.2) is 66.1 Å². The monoisotopic (exact) mass is 472 g/mol. The van der Waals surface area contributed by atoms with E-state index in [0.717, 1.165) is 12.1 Å². The molecule has 4 rings (SSSR count). The average molecular weight is 473 g/mol. The number of halogens is 4. The maximum atomic E-state index is 14.5. The van der Waals surface area contributed by atoms with Gasteiger partial charge < -0.3 is 15.2 Å². The van der Waals surface area contributed by atoms with E-state index in [1.54, 1.807) is 0 Å². The summed E-state index contributed by atoms with van der Waals surface area (Å²) in [4.78, 5) is 12.5. The number of nitriles is 1. The van der Waals surface area contributed by atoms with Gasteiger partial charge in [0, 0.05) is 28.3 Å². The molecule has 1 heterocycles. The second-order valence-corrected chi connectivity index (χ2v) is 7.65. The van der Waals surface area contributed by atoms with Crippen LogP contribution in [-0.2, 0) is 0 Å². The van der Waals surface area contributed by atoms with Gasteiger partial charge in [0.1, 0.15) is 34.8 Å². The molecule has 0 bridgehead atoms. The highest BCUT2D eigenvalue weighted by Gasteiger charge is 2.33. The second kappa shape index (κ2) is 8.50. The Hall–Kier alpha value is -3.60. The van der Waals surface area contributed by atoms with E-state index in [-0.39, 0.29) is 39.1 Å². The van der Waals surface area contributed by atoms with Crippen molar-refractivity contribution < 1.29 is 23.0 Å². The third-order valence-electron chi connectivity index (χ3n) is 4.83. The smallest absolute Gasteiger partial charge is 0.345 e. The highest BCUT2D eigenvalue weighted by Crippen LogP contribution is 2.44. The number of hydrogen-bond donors (Lipinski definition) is 1. The predicted molar refractivity (Wildman–Crippen MR) is 114 cm³/mol. The van der Waals surface area contributed by atoms with E-state index in [2.05, 4.69) is 0 Å². The Morgan fingerprint density at radius 3 is 2.50 bits per heavy atom. The minimum atomic E-state index is -0.931. The summed E-state index contributed by atoms with van der Waals surface area (Å²) in [5.74, 6) is -3.23. The van der Waals surface area contributed by atoms with Crippen LogP contribution in [0, 0.1) is 23.0 Å². The lowest BCUT2D eigenvalue weighted by Gasteiger charge is -2.27. The summed E-state index contributed by atoms with van der Waals surface area (Å²) >= 11 is 11.9. The highest BCUT2D eigenvalue weighted by molar-refractivity contribution is 6.36. The number of benzene rings is 3. The molecular weight excluding hydrogens is 461 g/mol. The first-order valence-electron chi connectivity index (χ1n) is 9.12. The number of nitrogens with two attached hydrogens (primary N) is 1. The summed E-state index contributed by atoms with van der Waals surface area (Å²) in [5, 5.41) is 10.0. The molecule has 0 fully saturated rings. The maximum Gasteiger partial charge on any atom is 0.345 e. The Bertz CT molecular complexity index is 1340. The number of carbonyl (C=O) groups excluding carboxylic acids is 1. The van der Waals surface area contributed by atoms with E-state index in [4.69, 9.17) is 38.4 Å². The van der Waals surface area contributed by atoms with Gasteiger partial charge in [0.05, 0.1) is 16.5 Å². The van der Waals surface area contributed by atoms with Crippen molar-refractivity contribution in [2.45, 2.75) is 5.92 Å². The molecule has 3 aromatic carbocycles. The lowest BCUT2D eigenvalue weighted by molar-refractivity contribution is 0.0734. The summed E-state index contributed by atoms with van der Waals surface area (Å²) in [6.07, 6.45) is 0. The molecule has 3 aromatic rings. The van der Waals surface area contributed by atoms with Gasteiger partial charge in [0.15, 0.2) is 0 Å². The standard InChI is InChI=1S/C23H12Cl2F2N2O3/c24-11-1-4-14(18(25)7-11)23(30)31-13-3-6-16-20(9-13)32-22(29)17(10-28)21(16)15-5-2-12(26)8-19(15)27/h1-9,21H,29H2. The lowest BCUT2D eigenvalue weighted by atomic mass is 9.83. The first kappa shape index (κ1) is 21.6. The Morgan fingerprint density at radius 1 is 1.06 bits per heavy atom. The molecular formula is C23H12Cl2F2N2O3. The van der Waals surface area contributed by atoms with Gasteiger partial charge in [-0.05, 0) is 30.3 Å². The molecule has 5 nitrogen and oxygen atoms in total. The minimum absolute atomic E-state index is 0.0271. The van der Waals surface area contributed by atoms with Crippen LogP contribution in [0.1, 0.15) is 27.4 Å². The second-order valence-electron chi connectivity index (χ2n) is 6.80. The largest absolute Gasteiger partial charge is 0.440 e. The number of ether oxygens (including phenoxy) is 2. The fourth-order valence-electron chi connectivity index (χ4n) is 3.37. The van der Waals surface area contributed by atoms with Gasteiger partial charge in [-0.1, -0.05) is 35.3 Å². The Kier molecular flexibility index (Phi) is 5.74. The number of esters is 1. The van der Waals surface area contributed by atoms with Crippen molar-refractivity contribution >= 4 is 29.2 Å². The van der Waals surface area contributed by atoms with Gasteiger partial charge >= 0.3 is 5.97 Å². The molecule has 1 aliphatic heterocycles. The Morgan fingerprint density at radius 2 is 1.81 bits per heavy atom. The topological polar surface area (TPSA) is 85.3 Å². The van der Waals surface area contributed by atoms with Gasteiger partial charge in [-0.25, -0.2) is 13.6 Å². The molecule has 0 aromatic heterocycles. The van der Waals surface area contributed by atoms with Crippen LogP contribution in [0.25, 0.3) is 0 Å². The third kappa shape index (κ3) is 3.98. The summed E-state index contributed by atoms with van der Waals surface area (Å²) in [6, 6.07) is 13.7. The predicted octanol–water partition coefficient (Wildman–Crippen LogP) is 5.71. The van der Waals surface area contributed by atoms with Crippen LogP contribution in [0.5, 0.6) is 11.5 Å². The molecule has 0 spiro atoms. The highest BCUT2D eigenvalue weighted by atomic mass is 35.5. The molecule has 9 heteroatoms. The van der Waals surface area contributed by atoms with Crippen molar-refractivity contribution in [2.24, 2.45) is 5.73 Å².